The third kappa shape index (κ3) is 4.86. The van der Waals surface area contributed by atoms with Gasteiger partial charge in [-0.05, 0) is 43.7 Å². The molecule has 2 aliphatic carbocycles. The quantitative estimate of drug-likeness (QED) is 0.478. The molecule has 33 heavy (non-hydrogen) atoms. The summed E-state index contributed by atoms with van der Waals surface area (Å²) in [5.41, 5.74) is 4.25. The standard InChI is InChI=1S/C27H35NO5/c1-17-24(27(30)33-14-13-31-2)25(18-9-5-4-6-10-18)26-21(28-17)15-19(16-22(26)29)20-11-7-8-12-23(20)32-3/h7-8,11-12,18-19,25,28H,4-6,9-10,13-16H2,1-3H3. The van der Waals surface area contributed by atoms with E-state index in [2.05, 4.69) is 5.32 Å². The molecule has 2 unspecified atom stereocenters. The number of carbonyl (C=O) groups is 2. The zero-order chi connectivity index (χ0) is 23.4. The summed E-state index contributed by atoms with van der Waals surface area (Å²) in [6.07, 6.45) is 6.72. The van der Waals surface area contributed by atoms with E-state index in [-0.39, 0.29) is 36.1 Å². The van der Waals surface area contributed by atoms with E-state index in [4.69, 9.17) is 14.2 Å². The Morgan fingerprint density at radius 2 is 1.82 bits per heavy atom. The fraction of sp³-hybridized carbons (Fsp3) is 0.556. The molecule has 6 nitrogen and oxygen atoms in total. The highest BCUT2D eigenvalue weighted by Gasteiger charge is 2.44. The highest BCUT2D eigenvalue weighted by Crippen LogP contribution is 2.48. The van der Waals surface area contributed by atoms with Gasteiger partial charge in [0.2, 0.25) is 0 Å². The lowest BCUT2D eigenvalue weighted by Gasteiger charge is -2.41. The van der Waals surface area contributed by atoms with Crippen molar-refractivity contribution in [2.75, 3.05) is 27.4 Å². The van der Waals surface area contributed by atoms with Gasteiger partial charge in [0, 0.05) is 42.3 Å². The molecule has 1 N–H and O–H groups in total. The lowest BCUT2D eigenvalue weighted by molar-refractivity contribution is -0.141. The van der Waals surface area contributed by atoms with Gasteiger partial charge >= 0.3 is 5.97 Å². The predicted molar refractivity (Wildman–Crippen MR) is 126 cm³/mol. The Hall–Kier alpha value is -2.60. The molecule has 0 saturated heterocycles. The molecule has 6 heteroatoms. The smallest absolute Gasteiger partial charge is 0.336 e. The number of para-hydroxylation sites is 1. The minimum atomic E-state index is -0.334. The number of allylic oxidation sites excluding steroid dienone is 3. The van der Waals surface area contributed by atoms with Crippen molar-refractivity contribution >= 4 is 11.8 Å². The van der Waals surface area contributed by atoms with Crippen LogP contribution in [0.25, 0.3) is 0 Å². The van der Waals surface area contributed by atoms with Gasteiger partial charge in [0.15, 0.2) is 5.78 Å². The van der Waals surface area contributed by atoms with Gasteiger partial charge < -0.3 is 19.5 Å². The number of esters is 1. The van der Waals surface area contributed by atoms with E-state index >= 15 is 0 Å². The SMILES string of the molecule is COCCOC(=O)C1=C(C)NC2=C(C(=O)CC(c3ccccc3OC)C2)C1C1CCCCC1. The van der Waals surface area contributed by atoms with Crippen molar-refractivity contribution in [1.29, 1.82) is 0 Å². The van der Waals surface area contributed by atoms with Crippen LogP contribution >= 0.6 is 0 Å². The average Bonchev–Trinajstić information content (AvgIpc) is 2.83. The Morgan fingerprint density at radius 3 is 2.55 bits per heavy atom. The number of benzene rings is 1. The molecular formula is C27H35NO5. The minimum Gasteiger partial charge on any atom is -0.496 e. The maximum Gasteiger partial charge on any atom is 0.336 e. The Kier molecular flexibility index (Phi) is 7.53. The van der Waals surface area contributed by atoms with Crippen LogP contribution < -0.4 is 10.1 Å². The van der Waals surface area contributed by atoms with Gasteiger partial charge in [-0.2, -0.15) is 0 Å². The van der Waals surface area contributed by atoms with Crippen LogP contribution in [0.5, 0.6) is 5.75 Å². The summed E-state index contributed by atoms with van der Waals surface area (Å²) in [5, 5.41) is 3.44. The number of nitrogens with one attached hydrogen (secondary N) is 1. The summed E-state index contributed by atoms with van der Waals surface area (Å²) in [6.45, 7) is 2.50. The Morgan fingerprint density at radius 1 is 1.06 bits per heavy atom. The highest BCUT2D eigenvalue weighted by molar-refractivity contribution is 6.02. The van der Waals surface area contributed by atoms with Gasteiger partial charge in [-0.25, -0.2) is 4.79 Å². The van der Waals surface area contributed by atoms with E-state index in [1.165, 1.54) is 6.42 Å². The van der Waals surface area contributed by atoms with Crippen molar-refractivity contribution in [1.82, 2.24) is 5.32 Å². The first kappa shape index (κ1) is 23.6. The summed E-state index contributed by atoms with van der Waals surface area (Å²) in [5.74, 6) is 0.757. The highest BCUT2D eigenvalue weighted by atomic mass is 16.6. The maximum absolute atomic E-state index is 13.7. The number of methoxy groups -OCH3 is 2. The number of dihydropyridines is 1. The topological polar surface area (TPSA) is 73.9 Å². The van der Waals surface area contributed by atoms with Crippen LogP contribution in [0.3, 0.4) is 0 Å². The van der Waals surface area contributed by atoms with E-state index < -0.39 is 0 Å². The van der Waals surface area contributed by atoms with Crippen LogP contribution in [0.1, 0.15) is 63.4 Å². The molecule has 0 spiro atoms. The number of hydrogen-bond acceptors (Lipinski definition) is 6. The van der Waals surface area contributed by atoms with Crippen LogP contribution in [0, 0.1) is 11.8 Å². The Labute approximate surface area is 196 Å². The number of ketones is 1. The van der Waals surface area contributed by atoms with Crippen molar-refractivity contribution in [3.8, 4) is 5.75 Å². The van der Waals surface area contributed by atoms with Crippen LogP contribution in [-0.4, -0.2) is 39.2 Å². The van der Waals surface area contributed by atoms with Gasteiger partial charge in [0.1, 0.15) is 12.4 Å². The van der Waals surface area contributed by atoms with Gasteiger partial charge in [0.05, 0.1) is 19.3 Å². The molecule has 1 aromatic carbocycles. The molecule has 1 aromatic rings. The van der Waals surface area contributed by atoms with Crippen molar-refractivity contribution in [2.45, 2.75) is 57.8 Å². The number of hydrogen-bond donors (Lipinski definition) is 1. The lowest BCUT2D eigenvalue weighted by Crippen LogP contribution is -2.40. The third-order valence-corrected chi connectivity index (χ3v) is 7.31. The first-order chi connectivity index (χ1) is 16.0. The van der Waals surface area contributed by atoms with Crippen molar-refractivity contribution in [2.24, 2.45) is 11.8 Å². The van der Waals surface area contributed by atoms with Crippen molar-refractivity contribution in [3.63, 3.8) is 0 Å². The summed E-state index contributed by atoms with van der Waals surface area (Å²) >= 11 is 0. The van der Waals surface area contributed by atoms with E-state index in [0.717, 1.165) is 60.4 Å². The molecule has 2 atom stereocenters. The van der Waals surface area contributed by atoms with Crippen LogP contribution in [0.2, 0.25) is 0 Å². The minimum absolute atomic E-state index is 0.0508. The zero-order valence-corrected chi connectivity index (χ0v) is 19.9. The van der Waals surface area contributed by atoms with Crippen LogP contribution in [0.4, 0.5) is 0 Å². The summed E-state index contributed by atoms with van der Waals surface area (Å²) < 4.78 is 16.2. The maximum atomic E-state index is 13.7. The zero-order valence-electron chi connectivity index (χ0n) is 19.9. The van der Waals surface area contributed by atoms with E-state index in [9.17, 15) is 9.59 Å². The summed E-state index contributed by atoms with van der Waals surface area (Å²) in [7, 11) is 3.25. The molecule has 0 amide bonds. The first-order valence-corrected chi connectivity index (χ1v) is 12.1. The molecule has 3 aliphatic rings. The molecule has 0 bridgehead atoms. The second-order valence-corrected chi connectivity index (χ2v) is 9.33. The molecule has 1 saturated carbocycles. The van der Waals surface area contributed by atoms with E-state index in [1.807, 2.05) is 31.2 Å². The second-order valence-electron chi connectivity index (χ2n) is 9.33. The van der Waals surface area contributed by atoms with Crippen molar-refractivity contribution in [3.05, 3.63) is 52.4 Å². The van der Waals surface area contributed by atoms with Crippen LogP contribution in [0.15, 0.2) is 46.8 Å². The fourth-order valence-corrected chi connectivity index (χ4v) is 5.82. The second kappa shape index (κ2) is 10.6. The monoisotopic (exact) mass is 453 g/mol. The Balaban J connectivity index is 1.68. The lowest BCUT2D eigenvalue weighted by atomic mass is 9.66. The van der Waals surface area contributed by atoms with Gasteiger partial charge in [-0.1, -0.05) is 37.5 Å². The Bertz CT molecular complexity index is 957. The van der Waals surface area contributed by atoms with Gasteiger partial charge in [-0.3, -0.25) is 4.79 Å². The number of rotatable bonds is 7. The first-order valence-electron chi connectivity index (χ1n) is 12.1. The molecular weight excluding hydrogens is 418 g/mol. The number of Topliss-reactive ketones (excluding diaryl/α,β-unsaturated/α-hetero) is 1. The summed E-state index contributed by atoms with van der Waals surface area (Å²) in [6, 6.07) is 7.93. The molecule has 4 rings (SSSR count). The van der Waals surface area contributed by atoms with Crippen molar-refractivity contribution < 1.29 is 23.8 Å². The average molecular weight is 454 g/mol. The molecule has 1 fully saturated rings. The van der Waals surface area contributed by atoms with Gasteiger partial charge in [0.25, 0.3) is 0 Å². The number of ether oxygens (including phenoxy) is 3. The molecule has 0 radical (unpaired) electrons. The summed E-state index contributed by atoms with van der Waals surface area (Å²) in [4.78, 5) is 26.8. The van der Waals surface area contributed by atoms with E-state index in [0.29, 0.717) is 18.6 Å². The molecule has 0 aromatic heterocycles. The fourth-order valence-electron chi connectivity index (χ4n) is 5.82. The largest absolute Gasteiger partial charge is 0.496 e. The number of carbonyl (C=O) groups excluding carboxylic acids is 2. The normalized spacial score (nSPS) is 23.8. The molecule has 1 aliphatic heterocycles. The third-order valence-electron chi connectivity index (χ3n) is 7.31. The molecule has 1 heterocycles. The molecule has 178 valence electrons. The predicted octanol–water partition coefficient (Wildman–Crippen LogP) is 4.66. The van der Waals surface area contributed by atoms with Crippen LogP contribution in [-0.2, 0) is 19.1 Å². The van der Waals surface area contributed by atoms with E-state index in [1.54, 1.807) is 14.2 Å². The van der Waals surface area contributed by atoms with Gasteiger partial charge in [-0.15, -0.1) is 0 Å².